The zero-order valence-corrected chi connectivity index (χ0v) is 6.60. The Labute approximate surface area is 62.7 Å². The SMILES string of the molecule is C=CCC(N)([O])CCCC. The molecule has 0 saturated carbocycles. The van der Waals surface area contributed by atoms with Crippen LogP contribution in [0.15, 0.2) is 12.7 Å². The van der Waals surface area contributed by atoms with Gasteiger partial charge in [0.25, 0.3) is 0 Å². The second kappa shape index (κ2) is 4.47. The van der Waals surface area contributed by atoms with Crippen molar-refractivity contribution in [1.82, 2.24) is 0 Å². The van der Waals surface area contributed by atoms with Crippen molar-refractivity contribution in [3.05, 3.63) is 12.7 Å². The Hall–Kier alpha value is -0.340. The van der Waals surface area contributed by atoms with E-state index in [9.17, 15) is 5.11 Å². The quantitative estimate of drug-likeness (QED) is 0.462. The van der Waals surface area contributed by atoms with Gasteiger partial charge in [0.15, 0.2) is 5.72 Å². The molecule has 0 aromatic heterocycles. The largest absolute Gasteiger partial charge is 0.301 e. The van der Waals surface area contributed by atoms with Crippen molar-refractivity contribution in [3.8, 4) is 0 Å². The molecule has 0 heterocycles. The van der Waals surface area contributed by atoms with Gasteiger partial charge in [0.05, 0.1) is 0 Å². The number of hydrogen-bond donors (Lipinski definition) is 1. The van der Waals surface area contributed by atoms with Crippen molar-refractivity contribution >= 4 is 0 Å². The summed E-state index contributed by atoms with van der Waals surface area (Å²) < 4.78 is 0. The van der Waals surface area contributed by atoms with Gasteiger partial charge in [-0.15, -0.1) is 6.58 Å². The Morgan fingerprint density at radius 1 is 1.70 bits per heavy atom. The predicted octanol–water partition coefficient (Wildman–Crippen LogP) is 1.84. The third kappa shape index (κ3) is 4.53. The van der Waals surface area contributed by atoms with Crippen LogP contribution >= 0.6 is 0 Å². The predicted molar refractivity (Wildman–Crippen MR) is 41.9 cm³/mol. The van der Waals surface area contributed by atoms with E-state index in [2.05, 4.69) is 6.58 Å². The molecule has 2 heteroatoms. The van der Waals surface area contributed by atoms with Gasteiger partial charge in [0.2, 0.25) is 0 Å². The molecule has 1 atom stereocenters. The van der Waals surface area contributed by atoms with Crippen LogP contribution in [0.5, 0.6) is 0 Å². The molecule has 0 bridgehead atoms. The van der Waals surface area contributed by atoms with Crippen molar-refractivity contribution < 1.29 is 5.11 Å². The summed E-state index contributed by atoms with van der Waals surface area (Å²) in [5, 5.41) is 11.2. The molecule has 0 spiro atoms. The molecule has 0 fully saturated rings. The summed E-state index contributed by atoms with van der Waals surface area (Å²) in [7, 11) is 0. The molecule has 0 aliphatic rings. The standard InChI is InChI=1S/C8H16NO/c1-3-5-7-8(9,10)6-4-2/h4H,2-3,5-7,9H2,1H3. The topological polar surface area (TPSA) is 45.9 Å². The molecular formula is C8H16NO. The van der Waals surface area contributed by atoms with Crippen LogP contribution in [-0.4, -0.2) is 5.72 Å². The number of rotatable bonds is 5. The maximum absolute atomic E-state index is 11.2. The first-order valence-corrected chi connectivity index (χ1v) is 3.72. The average Bonchev–Trinajstić information content (AvgIpc) is 1.84. The summed E-state index contributed by atoms with van der Waals surface area (Å²) in [4.78, 5) is 0. The van der Waals surface area contributed by atoms with Crippen LogP contribution in [0.1, 0.15) is 32.6 Å². The van der Waals surface area contributed by atoms with Crippen LogP contribution < -0.4 is 5.73 Å². The average molecular weight is 142 g/mol. The third-order valence-corrected chi connectivity index (χ3v) is 1.44. The van der Waals surface area contributed by atoms with Crippen LogP contribution in [0.2, 0.25) is 0 Å². The van der Waals surface area contributed by atoms with Crippen LogP contribution in [0, 0.1) is 0 Å². The second-order valence-corrected chi connectivity index (χ2v) is 2.66. The molecule has 0 aliphatic heterocycles. The summed E-state index contributed by atoms with van der Waals surface area (Å²) in [5.74, 6) is 0. The smallest absolute Gasteiger partial charge is 0.155 e. The van der Waals surface area contributed by atoms with Gasteiger partial charge >= 0.3 is 0 Å². The fourth-order valence-corrected chi connectivity index (χ4v) is 0.822. The van der Waals surface area contributed by atoms with Crippen molar-refractivity contribution in [3.63, 3.8) is 0 Å². The highest BCUT2D eigenvalue weighted by Gasteiger charge is 2.19. The Bertz CT molecular complexity index is 99.4. The summed E-state index contributed by atoms with van der Waals surface area (Å²) >= 11 is 0. The fourth-order valence-electron chi connectivity index (χ4n) is 0.822. The Morgan fingerprint density at radius 3 is 2.70 bits per heavy atom. The van der Waals surface area contributed by atoms with Gasteiger partial charge in [-0.3, -0.25) is 0 Å². The van der Waals surface area contributed by atoms with Gasteiger partial charge in [-0.1, -0.05) is 19.4 Å². The van der Waals surface area contributed by atoms with Crippen LogP contribution in [0.4, 0.5) is 0 Å². The maximum Gasteiger partial charge on any atom is 0.155 e. The molecule has 0 aromatic carbocycles. The zero-order chi connectivity index (χ0) is 8.04. The lowest BCUT2D eigenvalue weighted by atomic mass is 10.0. The van der Waals surface area contributed by atoms with E-state index in [1.54, 1.807) is 6.08 Å². The molecule has 1 unspecified atom stereocenters. The van der Waals surface area contributed by atoms with Crippen LogP contribution in [0.25, 0.3) is 0 Å². The fraction of sp³-hybridized carbons (Fsp3) is 0.750. The summed E-state index contributed by atoms with van der Waals surface area (Å²) in [6, 6.07) is 0. The molecule has 0 aliphatic carbocycles. The maximum atomic E-state index is 11.2. The van der Waals surface area contributed by atoms with Crippen molar-refractivity contribution in [2.75, 3.05) is 0 Å². The molecule has 0 amide bonds. The molecule has 0 aromatic rings. The minimum absolute atomic E-state index is 0.368. The van der Waals surface area contributed by atoms with Crippen molar-refractivity contribution in [2.24, 2.45) is 5.73 Å². The van der Waals surface area contributed by atoms with Crippen molar-refractivity contribution in [1.29, 1.82) is 0 Å². The second-order valence-electron chi connectivity index (χ2n) is 2.66. The normalized spacial score (nSPS) is 16.3. The van der Waals surface area contributed by atoms with Crippen LogP contribution in [0.3, 0.4) is 0 Å². The van der Waals surface area contributed by atoms with Gasteiger partial charge in [-0.25, -0.2) is 5.11 Å². The van der Waals surface area contributed by atoms with Gasteiger partial charge in [-0.05, 0) is 12.8 Å². The van der Waals surface area contributed by atoms with E-state index in [-0.39, 0.29) is 0 Å². The van der Waals surface area contributed by atoms with E-state index in [0.29, 0.717) is 12.8 Å². The highest BCUT2D eigenvalue weighted by Crippen LogP contribution is 2.12. The lowest BCUT2D eigenvalue weighted by Crippen LogP contribution is -2.37. The summed E-state index contributed by atoms with van der Waals surface area (Å²) in [5.41, 5.74) is 4.12. The number of hydrogen-bond acceptors (Lipinski definition) is 1. The Balaban J connectivity index is 3.51. The van der Waals surface area contributed by atoms with Gasteiger partial charge < -0.3 is 5.73 Å². The van der Waals surface area contributed by atoms with E-state index >= 15 is 0 Å². The van der Waals surface area contributed by atoms with E-state index < -0.39 is 5.72 Å². The van der Waals surface area contributed by atoms with E-state index in [4.69, 9.17) is 5.73 Å². The highest BCUT2D eigenvalue weighted by molar-refractivity contribution is 4.80. The first-order chi connectivity index (χ1) is 4.62. The monoisotopic (exact) mass is 142 g/mol. The van der Waals surface area contributed by atoms with Gasteiger partial charge in [0, 0.05) is 6.42 Å². The molecule has 1 radical (unpaired) electrons. The lowest BCUT2D eigenvalue weighted by Gasteiger charge is -2.17. The first kappa shape index (κ1) is 9.66. The van der Waals surface area contributed by atoms with E-state index in [1.807, 2.05) is 6.92 Å². The van der Waals surface area contributed by atoms with Crippen LogP contribution in [-0.2, 0) is 5.11 Å². The summed E-state index contributed by atoms with van der Waals surface area (Å²) in [6.45, 7) is 5.52. The van der Waals surface area contributed by atoms with Gasteiger partial charge in [0.1, 0.15) is 0 Å². The first-order valence-electron chi connectivity index (χ1n) is 3.72. The highest BCUT2D eigenvalue weighted by atomic mass is 16.3. The van der Waals surface area contributed by atoms with E-state index in [0.717, 1.165) is 12.8 Å². The molecule has 59 valence electrons. The van der Waals surface area contributed by atoms with Crippen molar-refractivity contribution in [2.45, 2.75) is 38.3 Å². The summed E-state index contributed by atoms with van der Waals surface area (Å²) in [6.07, 6.45) is 4.44. The minimum Gasteiger partial charge on any atom is -0.301 e. The molecule has 0 saturated heterocycles. The molecular weight excluding hydrogens is 126 g/mol. The molecule has 2 N–H and O–H groups in total. The molecule has 10 heavy (non-hydrogen) atoms. The van der Waals surface area contributed by atoms with Gasteiger partial charge in [-0.2, -0.15) is 0 Å². The molecule has 0 rings (SSSR count). The lowest BCUT2D eigenvalue weighted by molar-refractivity contribution is -0.0303. The number of nitrogens with two attached hydrogens (primary N) is 1. The number of unbranched alkanes of at least 4 members (excludes halogenated alkanes) is 1. The van der Waals surface area contributed by atoms with E-state index in [1.165, 1.54) is 0 Å². The zero-order valence-electron chi connectivity index (χ0n) is 6.60. The Kier molecular flexibility index (Phi) is 4.32. The Morgan fingerprint density at radius 2 is 2.30 bits per heavy atom. The molecule has 2 nitrogen and oxygen atoms in total. The minimum atomic E-state index is -1.27. The third-order valence-electron chi connectivity index (χ3n) is 1.44.